The van der Waals surface area contributed by atoms with Crippen LogP contribution in [0, 0.1) is 24.6 Å². The number of carbonyl (C=O) groups is 13. The lowest BCUT2D eigenvalue weighted by Gasteiger charge is -2.31. The highest BCUT2D eigenvalue weighted by molar-refractivity contribution is 6.03. The Morgan fingerprint density at radius 3 is 2.16 bits per heavy atom. The number of hydrogen-bond donors (Lipinski definition) is 8. The predicted molar refractivity (Wildman–Crippen MR) is 323 cm³/mol. The van der Waals surface area contributed by atoms with E-state index >= 15 is 4.39 Å². The van der Waals surface area contributed by atoms with Gasteiger partial charge in [0.15, 0.2) is 23.0 Å². The van der Waals surface area contributed by atoms with Crippen LogP contribution in [0.2, 0.25) is 0 Å². The number of aliphatic hydroxyl groups is 1. The largest absolute Gasteiger partial charge is 0.481 e. The molecule has 0 spiro atoms. The van der Waals surface area contributed by atoms with Gasteiger partial charge in [0, 0.05) is 93.0 Å². The SMILES string of the molecule is CC[C@@]1(O)C(=O)OCc2c1cc1n(c2=O)Cc2c-1nc1cc(F)c(C)c3c1c2[C@@H](NC(=O)CCCNC(=O)CCC(=O)[C@H](Cc1ccccc1)NC(=O)CCC(=O)CNC(=O)[C@H](CC(=O)O)CC(=O)[C@H](CC(=O)O)NC(=O)CCCCCN1C(=O)CC(C)C1=O)CC3. The number of imide groups is 1. The molecular formula is C65H75FN8O18. The minimum Gasteiger partial charge on any atom is -0.481 e. The van der Waals surface area contributed by atoms with E-state index in [4.69, 9.17) is 9.72 Å². The molecule has 27 heteroatoms. The van der Waals surface area contributed by atoms with Crippen LogP contribution in [0.4, 0.5) is 4.39 Å². The molecule has 0 bridgehead atoms. The number of unbranched alkanes of at least 4 members (excludes halogenated alkanes) is 2. The minimum absolute atomic E-state index is 0.0243. The van der Waals surface area contributed by atoms with Gasteiger partial charge in [-0.25, -0.2) is 14.2 Å². The number of Topliss-reactive ketones (excluding diaryl/α,β-unsaturated/α-hetero) is 3. The number of pyridine rings is 2. The van der Waals surface area contributed by atoms with E-state index in [1.54, 1.807) is 57.2 Å². The second kappa shape index (κ2) is 30.1. The van der Waals surface area contributed by atoms with Crippen LogP contribution >= 0.6 is 0 Å². The van der Waals surface area contributed by atoms with Gasteiger partial charge in [-0.3, -0.25) is 67.2 Å². The van der Waals surface area contributed by atoms with Crippen LogP contribution in [-0.4, -0.2) is 138 Å². The average molecular weight is 1280 g/mol. The number of carboxylic acid groups (broad SMARTS) is 2. The van der Waals surface area contributed by atoms with E-state index in [0.29, 0.717) is 70.2 Å². The number of fused-ring (bicyclic) bond motifs is 5. The monoisotopic (exact) mass is 1270 g/mol. The van der Waals surface area contributed by atoms with E-state index in [1.165, 1.54) is 15.5 Å². The van der Waals surface area contributed by atoms with Crippen LogP contribution in [0.15, 0.2) is 47.3 Å². The molecule has 7 amide bonds. The zero-order valence-electron chi connectivity index (χ0n) is 51.4. The Morgan fingerprint density at radius 2 is 1.47 bits per heavy atom. The second-order valence-corrected chi connectivity index (χ2v) is 23.9. The van der Waals surface area contributed by atoms with Gasteiger partial charge in [-0.2, -0.15) is 0 Å². The molecule has 92 heavy (non-hydrogen) atoms. The standard InChI is InChI=1S/C65H75FN8O18/c1-4-65(91)42-28-48-60-40(32-74(48)63(89)41(42)33-92-64(65)90)59-44(18-17-39-35(3)43(66)29-47(72-60)58(39)59)69-53(80)15-11-22-67-51(78)21-19-49(76)45(25-36-12-7-5-8-13-36)70-54(81)20-16-38(75)31-68-61(87)37(27-56(83)84)26-50(77)46(30-57(85)86)71-52(79)14-9-6-10-23-73-55(82)24-34(2)62(73)88/h5,7-8,12-13,28-29,34,37,44-46,91H,4,6,9-11,14-27,30-33H2,1-3H3,(H,67,78)(H,68,87)(H,69,80)(H,70,81)(H,71,79)(H,83,84)(H,85,86)/t34?,37-,44-,45-,46-,65-/m0/s1. The fraction of sp³-hybridized carbons (Fsp3) is 0.492. The lowest BCUT2D eigenvalue weighted by Crippen LogP contribution is -2.44. The van der Waals surface area contributed by atoms with E-state index in [0.717, 1.165) is 5.56 Å². The molecule has 3 aliphatic heterocycles. The molecule has 1 saturated heterocycles. The summed E-state index contributed by atoms with van der Waals surface area (Å²) in [7, 11) is 0. The Kier molecular flexibility index (Phi) is 22.5. The molecular weight excluding hydrogens is 1200 g/mol. The number of carbonyl (C=O) groups excluding carboxylic acids is 11. The number of halogens is 1. The Hall–Kier alpha value is -9.40. The fourth-order valence-corrected chi connectivity index (χ4v) is 12.3. The highest BCUT2D eigenvalue weighted by Crippen LogP contribution is 2.46. The number of likely N-dealkylation sites (tertiary alicyclic amines) is 1. The van der Waals surface area contributed by atoms with Crippen molar-refractivity contribution in [3.05, 3.63) is 97.6 Å². The van der Waals surface area contributed by atoms with E-state index < -0.39 is 144 Å². The maximum atomic E-state index is 15.4. The van der Waals surface area contributed by atoms with Crippen LogP contribution in [0.25, 0.3) is 22.3 Å². The summed E-state index contributed by atoms with van der Waals surface area (Å²) in [5.74, 6) is -12.3. The summed E-state index contributed by atoms with van der Waals surface area (Å²) in [6.45, 7) is 4.20. The van der Waals surface area contributed by atoms with E-state index in [-0.39, 0.29) is 113 Å². The molecule has 6 atom stereocenters. The quantitative estimate of drug-likeness (QED) is 0.0170. The lowest BCUT2D eigenvalue weighted by atomic mass is 9.81. The lowest BCUT2D eigenvalue weighted by molar-refractivity contribution is -0.172. The van der Waals surface area contributed by atoms with Gasteiger partial charge in [0.05, 0.1) is 72.4 Å². The Labute approximate surface area is 527 Å². The normalized spacial score (nSPS) is 17.9. The van der Waals surface area contributed by atoms with Crippen molar-refractivity contribution in [2.45, 2.75) is 173 Å². The average Bonchev–Trinajstić information content (AvgIpc) is 1.48. The fourth-order valence-electron chi connectivity index (χ4n) is 12.3. The van der Waals surface area contributed by atoms with Gasteiger partial charge in [-0.05, 0) is 80.2 Å². The van der Waals surface area contributed by atoms with Gasteiger partial charge in [0.25, 0.3) is 5.56 Å². The van der Waals surface area contributed by atoms with Crippen LogP contribution in [0.1, 0.15) is 162 Å². The third-order valence-electron chi connectivity index (χ3n) is 17.4. The first-order chi connectivity index (χ1) is 43.8. The summed E-state index contributed by atoms with van der Waals surface area (Å²) in [5, 5.41) is 44.2. The van der Waals surface area contributed by atoms with Gasteiger partial charge in [-0.15, -0.1) is 0 Å². The van der Waals surface area contributed by atoms with Crippen LogP contribution in [0.3, 0.4) is 0 Å². The van der Waals surface area contributed by atoms with Crippen molar-refractivity contribution in [2.24, 2.45) is 11.8 Å². The smallest absolute Gasteiger partial charge is 0.343 e. The summed E-state index contributed by atoms with van der Waals surface area (Å²) in [4.78, 5) is 186. The molecule has 1 unspecified atom stereocenters. The molecule has 4 aliphatic rings. The van der Waals surface area contributed by atoms with E-state index in [9.17, 15) is 82.4 Å². The molecule has 1 aliphatic carbocycles. The molecule has 0 saturated carbocycles. The van der Waals surface area contributed by atoms with Crippen molar-refractivity contribution in [1.82, 2.24) is 41.0 Å². The molecule has 8 rings (SSSR count). The predicted octanol–water partition coefficient (Wildman–Crippen LogP) is 3.03. The van der Waals surface area contributed by atoms with Gasteiger partial charge in [-0.1, -0.05) is 50.6 Å². The number of esters is 1. The number of hydrogen-bond acceptors (Lipinski definition) is 17. The van der Waals surface area contributed by atoms with Crippen molar-refractivity contribution < 1.29 is 86.8 Å². The number of aromatic nitrogens is 2. The Balaban J connectivity index is 0.790. The number of amides is 7. The zero-order valence-corrected chi connectivity index (χ0v) is 51.4. The van der Waals surface area contributed by atoms with Crippen LogP contribution < -0.4 is 32.1 Å². The van der Waals surface area contributed by atoms with Crippen molar-refractivity contribution in [3.63, 3.8) is 0 Å². The van der Waals surface area contributed by atoms with Gasteiger partial charge >= 0.3 is 17.9 Å². The molecule has 5 heterocycles. The molecule has 4 aromatic rings. The molecule has 26 nitrogen and oxygen atoms in total. The maximum absolute atomic E-state index is 15.4. The Bertz CT molecular complexity index is 3720. The van der Waals surface area contributed by atoms with Crippen molar-refractivity contribution >= 4 is 87.5 Å². The summed E-state index contributed by atoms with van der Waals surface area (Å²) >= 11 is 0. The summed E-state index contributed by atoms with van der Waals surface area (Å²) < 4.78 is 22.1. The number of aliphatic carboxylic acids is 2. The number of ketones is 3. The van der Waals surface area contributed by atoms with E-state index in [2.05, 4.69) is 26.6 Å². The van der Waals surface area contributed by atoms with Crippen LogP contribution in [-0.2, 0) is 98.7 Å². The molecule has 8 N–H and O–H groups in total. The summed E-state index contributed by atoms with van der Waals surface area (Å²) in [6, 6.07) is 8.21. The zero-order chi connectivity index (χ0) is 66.7. The number of nitrogens with one attached hydrogen (secondary N) is 5. The number of rotatable bonds is 33. The maximum Gasteiger partial charge on any atom is 0.343 e. The summed E-state index contributed by atoms with van der Waals surface area (Å²) in [5.41, 5.74) is 1.87. The second-order valence-electron chi connectivity index (χ2n) is 23.9. The molecule has 2 aromatic carbocycles. The number of ether oxygens (including phenoxy) is 1. The van der Waals surface area contributed by atoms with Gasteiger partial charge in [0.2, 0.25) is 41.4 Å². The first-order valence-corrected chi connectivity index (χ1v) is 30.9. The van der Waals surface area contributed by atoms with Crippen molar-refractivity contribution in [1.29, 1.82) is 0 Å². The van der Waals surface area contributed by atoms with Gasteiger partial charge in [0.1, 0.15) is 12.4 Å². The first kappa shape index (κ1) is 68.5. The van der Waals surface area contributed by atoms with Crippen molar-refractivity contribution in [2.75, 3.05) is 19.6 Å². The third-order valence-corrected chi connectivity index (χ3v) is 17.4. The number of benzene rings is 2. The van der Waals surface area contributed by atoms with E-state index in [1.807, 2.05) is 0 Å². The number of aryl methyl sites for hydroxylation is 1. The van der Waals surface area contributed by atoms with Gasteiger partial charge < -0.3 is 51.2 Å². The minimum atomic E-state index is -2.06. The molecule has 490 valence electrons. The molecule has 2 aromatic heterocycles. The molecule has 0 radical (unpaired) electrons. The van der Waals surface area contributed by atoms with Crippen molar-refractivity contribution in [3.8, 4) is 11.4 Å². The number of nitrogens with zero attached hydrogens (tertiary/aromatic N) is 3. The highest BCUT2D eigenvalue weighted by Gasteiger charge is 2.46. The highest BCUT2D eigenvalue weighted by atomic mass is 19.1. The Morgan fingerprint density at radius 1 is 0.772 bits per heavy atom. The topological polar surface area (TPSA) is 390 Å². The molecule has 1 fully saturated rings. The third kappa shape index (κ3) is 16.2. The number of carboxylic acids is 2. The van der Waals surface area contributed by atoms with Crippen LogP contribution in [0.5, 0.6) is 0 Å². The number of cyclic esters (lactones) is 1. The summed E-state index contributed by atoms with van der Waals surface area (Å²) in [6.07, 6.45) is -2.02. The first-order valence-electron chi connectivity index (χ1n) is 30.9.